The van der Waals surface area contributed by atoms with Crippen LogP contribution in [-0.4, -0.2) is 38.2 Å². The zero-order valence-corrected chi connectivity index (χ0v) is 16.1. The van der Waals surface area contributed by atoms with Gasteiger partial charge in [0.1, 0.15) is 0 Å². The van der Waals surface area contributed by atoms with Crippen LogP contribution in [0.5, 0.6) is 0 Å². The van der Waals surface area contributed by atoms with Gasteiger partial charge in [0, 0.05) is 18.4 Å². The summed E-state index contributed by atoms with van der Waals surface area (Å²) in [5.74, 6) is -2.19. The van der Waals surface area contributed by atoms with Gasteiger partial charge in [-0.1, -0.05) is 42.0 Å². The molecule has 0 saturated carbocycles. The van der Waals surface area contributed by atoms with Crippen molar-refractivity contribution in [2.24, 2.45) is 5.92 Å². The predicted octanol–water partition coefficient (Wildman–Crippen LogP) is 2.21. The molecule has 2 aromatic carbocycles. The molecule has 144 valence electrons. The van der Waals surface area contributed by atoms with Crippen LogP contribution in [0.4, 0.5) is 0 Å². The highest BCUT2D eigenvalue weighted by Gasteiger charge is 2.19. The molecule has 0 heterocycles. The fourth-order valence-corrected chi connectivity index (χ4v) is 3.54. The monoisotopic (exact) mass is 389 g/mol. The zero-order valence-electron chi connectivity index (χ0n) is 15.3. The third-order valence-corrected chi connectivity index (χ3v) is 4.93. The molecule has 27 heavy (non-hydrogen) atoms. The second-order valence-corrected chi connectivity index (χ2v) is 8.85. The topological polar surface area (TPSA) is 101 Å². The van der Waals surface area contributed by atoms with E-state index in [9.17, 15) is 23.1 Å². The van der Waals surface area contributed by atoms with Crippen LogP contribution < -0.4 is 5.32 Å². The first-order valence-electron chi connectivity index (χ1n) is 8.47. The molecule has 0 bridgehead atoms. The van der Waals surface area contributed by atoms with Gasteiger partial charge >= 0.3 is 5.97 Å². The first-order chi connectivity index (χ1) is 12.6. The normalized spacial score (nSPS) is 12.4. The summed E-state index contributed by atoms with van der Waals surface area (Å²) in [5, 5.41) is 12.1. The Bertz CT molecular complexity index is 920. The summed E-state index contributed by atoms with van der Waals surface area (Å²) >= 11 is 0. The van der Waals surface area contributed by atoms with Crippen molar-refractivity contribution in [3.8, 4) is 0 Å². The molecule has 2 N–H and O–H groups in total. The third kappa shape index (κ3) is 6.86. The number of carboxylic acids is 1. The van der Waals surface area contributed by atoms with Gasteiger partial charge in [0.2, 0.25) is 0 Å². The average molecular weight is 389 g/mol. The van der Waals surface area contributed by atoms with Crippen molar-refractivity contribution in [3.05, 3.63) is 70.8 Å². The van der Waals surface area contributed by atoms with Crippen molar-refractivity contribution in [1.29, 1.82) is 0 Å². The van der Waals surface area contributed by atoms with Crippen molar-refractivity contribution >= 4 is 21.7 Å². The maximum Gasteiger partial charge on any atom is 0.308 e. The lowest BCUT2D eigenvalue weighted by atomic mass is 9.98. The minimum absolute atomic E-state index is 0.00714. The van der Waals surface area contributed by atoms with Crippen molar-refractivity contribution in [3.63, 3.8) is 0 Å². The fraction of sp³-hybridized carbons (Fsp3) is 0.300. The SMILES string of the molecule is Cc1cccc(CC(CNC(=O)c2ccc(CS(C)(=O)=O)cc2)C(=O)O)c1. The fourth-order valence-electron chi connectivity index (χ4n) is 2.74. The molecule has 2 aromatic rings. The molecule has 0 aromatic heterocycles. The van der Waals surface area contributed by atoms with Gasteiger partial charge in [-0.25, -0.2) is 8.42 Å². The molecular weight excluding hydrogens is 366 g/mol. The van der Waals surface area contributed by atoms with Crippen LogP contribution in [0.15, 0.2) is 48.5 Å². The number of carboxylic acid groups (broad SMARTS) is 1. The van der Waals surface area contributed by atoms with Gasteiger partial charge < -0.3 is 10.4 Å². The molecule has 1 atom stereocenters. The maximum absolute atomic E-state index is 12.3. The molecule has 2 rings (SSSR count). The smallest absolute Gasteiger partial charge is 0.308 e. The van der Waals surface area contributed by atoms with Crippen LogP contribution in [0.3, 0.4) is 0 Å². The quantitative estimate of drug-likeness (QED) is 0.721. The number of aryl methyl sites for hydroxylation is 1. The van der Waals surface area contributed by atoms with Gasteiger partial charge in [-0.05, 0) is 36.6 Å². The van der Waals surface area contributed by atoms with Crippen molar-refractivity contribution < 1.29 is 23.1 Å². The first kappa shape index (κ1) is 20.6. The Morgan fingerprint density at radius 2 is 1.74 bits per heavy atom. The summed E-state index contributed by atoms with van der Waals surface area (Å²) in [5.41, 5.74) is 2.90. The van der Waals surface area contributed by atoms with Gasteiger partial charge in [-0.3, -0.25) is 9.59 Å². The molecule has 0 radical (unpaired) electrons. The van der Waals surface area contributed by atoms with Crippen molar-refractivity contribution in [2.45, 2.75) is 19.1 Å². The number of nitrogens with one attached hydrogen (secondary N) is 1. The molecule has 0 saturated heterocycles. The number of benzene rings is 2. The van der Waals surface area contributed by atoms with Crippen LogP contribution in [0.1, 0.15) is 27.0 Å². The van der Waals surface area contributed by atoms with E-state index in [0.29, 0.717) is 17.5 Å². The Kier molecular flexibility index (Phi) is 6.74. The number of aliphatic carboxylic acids is 1. The van der Waals surface area contributed by atoms with E-state index < -0.39 is 27.6 Å². The molecule has 6 nitrogen and oxygen atoms in total. The number of carbonyl (C=O) groups is 2. The molecular formula is C20H23NO5S. The predicted molar refractivity (Wildman–Crippen MR) is 103 cm³/mol. The highest BCUT2D eigenvalue weighted by molar-refractivity contribution is 7.89. The zero-order chi connectivity index (χ0) is 20.0. The molecule has 0 aliphatic heterocycles. The lowest BCUT2D eigenvalue weighted by molar-refractivity contribution is -0.141. The molecule has 0 aliphatic carbocycles. The van der Waals surface area contributed by atoms with Gasteiger partial charge in [0.25, 0.3) is 5.91 Å². The molecule has 0 spiro atoms. The summed E-state index contributed by atoms with van der Waals surface area (Å²) in [6.07, 6.45) is 1.47. The minimum Gasteiger partial charge on any atom is -0.481 e. The standard InChI is InChI=1S/C20H23NO5S/c1-14-4-3-5-16(10-14)11-18(20(23)24)12-21-19(22)17-8-6-15(7-9-17)13-27(2,25)26/h3-10,18H,11-13H2,1-2H3,(H,21,22)(H,23,24). The number of hydrogen-bond donors (Lipinski definition) is 2. The van der Waals surface area contributed by atoms with Gasteiger partial charge in [0.05, 0.1) is 11.7 Å². The minimum atomic E-state index is -3.14. The molecule has 1 unspecified atom stereocenters. The van der Waals surface area contributed by atoms with Crippen molar-refractivity contribution in [2.75, 3.05) is 12.8 Å². The summed E-state index contributed by atoms with van der Waals surface area (Å²) < 4.78 is 22.6. The van der Waals surface area contributed by atoms with E-state index in [4.69, 9.17) is 0 Å². The number of amides is 1. The number of sulfone groups is 1. The average Bonchev–Trinajstić information content (AvgIpc) is 2.57. The van der Waals surface area contributed by atoms with E-state index >= 15 is 0 Å². The Labute approximate surface area is 159 Å². The second kappa shape index (κ2) is 8.81. The summed E-state index contributed by atoms with van der Waals surface area (Å²) in [7, 11) is -3.14. The number of carbonyl (C=O) groups excluding carboxylic acids is 1. The van der Waals surface area contributed by atoms with E-state index in [2.05, 4.69) is 5.32 Å². The molecule has 0 aliphatic rings. The Morgan fingerprint density at radius 3 is 2.30 bits per heavy atom. The second-order valence-electron chi connectivity index (χ2n) is 6.71. The lowest BCUT2D eigenvalue weighted by Crippen LogP contribution is -2.34. The Hall–Kier alpha value is -2.67. The van der Waals surface area contributed by atoms with Gasteiger partial charge in [-0.2, -0.15) is 0 Å². The van der Waals surface area contributed by atoms with Crippen molar-refractivity contribution in [1.82, 2.24) is 5.32 Å². The van der Waals surface area contributed by atoms with Crippen LogP contribution in [0.2, 0.25) is 0 Å². The van der Waals surface area contributed by atoms with Crippen LogP contribution in [-0.2, 0) is 26.8 Å². The lowest BCUT2D eigenvalue weighted by Gasteiger charge is -2.14. The van der Waals surface area contributed by atoms with E-state index in [1.165, 1.54) is 12.1 Å². The Balaban J connectivity index is 1.98. The summed E-state index contributed by atoms with van der Waals surface area (Å²) in [6, 6.07) is 13.8. The van der Waals surface area contributed by atoms with Gasteiger partial charge in [-0.15, -0.1) is 0 Å². The van der Waals surface area contributed by atoms with Gasteiger partial charge in [0.15, 0.2) is 9.84 Å². The molecule has 0 fully saturated rings. The maximum atomic E-state index is 12.3. The highest BCUT2D eigenvalue weighted by atomic mass is 32.2. The number of hydrogen-bond acceptors (Lipinski definition) is 4. The van der Waals surface area contributed by atoms with E-state index in [1.807, 2.05) is 31.2 Å². The van der Waals surface area contributed by atoms with Crippen LogP contribution in [0.25, 0.3) is 0 Å². The van der Waals surface area contributed by atoms with Crippen LogP contribution >= 0.6 is 0 Å². The van der Waals surface area contributed by atoms with Crippen LogP contribution in [0, 0.1) is 12.8 Å². The first-order valence-corrected chi connectivity index (χ1v) is 10.5. The highest BCUT2D eigenvalue weighted by Crippen LogP contribution is 2.12. The third-order valence-electron chi connectivity index (χ3n) is 4.07. The van der Waals surface area contributed by atoms with E-state index in [-0.39, 0.29) is 12.3 Å². The van der Waals surface area contributed by atoms with E-state index in [0.717, 1.165) is 17.4 Å². The Morgan fingerprint density at radius 1 is 1.07 bits per heavy atom. The largest absolute Gasteiger partial charge is 0.481 e. The summed E-state index contributed by atoms with van der Waals surface area (Å²) in [4.78, 5) is 23.8. The summed E-state index contributed by atoms with van der Waals surface area (Å²) in [6.45, 7) is 1.95. The van der Waals surface area contributed by atoms with E-state index in [1.54, 1.807) is 12.1 Å². The molecule has 1 amide bonds. The molecule has 7 heteroatoms. The number of rotatable bonds is 8.